The van der Waals surface area contributed by atoms with Crippen LogP contribution in [-0.4, -0.2) is 26.1 Å². The molecule has 0 aliphatic rings. The summed E-state index contributed by atoms with van der Waals surface area (Å²) in [4.78, 5) is 0. The van der Waals surface area contributed by atoms with E-state index in [1.54, 1.807) is 35.1 Å². The van der Waals surface area contributed by atoms with E-state index in [-0.39, 0.29) is 6.42 Å². The first-order valence-electron chi connectivity index (χ1n) is 5.55. The summed E-state index contributed by atoms with van der Waals surface area (Å²) in [7, 11) is 0. The summed E-state index contributed by atoms with van der Waals surface area (Å²) in [5.74, 6) is 0. The molecule has 18 heavy (non-hydrogen) atoms. The summed E-state index contributed by atoms with van der Waals surface area (Å²) in [5.41, 5.74) is 1.44. The van der Waals surface area contributed by atoms with Crippen molar-refractivity contribution in [3.05, 3.63) is 48.3 Å². The highest BCUT2D eigenvalue weighted by Crippen LogP contribution is 2.20. The first-order valence-corrected chi connectivity index (χ1v) is 5.55. The Bertz CT molecular complexity index is 528. The van der Waals surface area contributed by atoms with Crippen molar-refractivity contribution in [2.24, 2.45) is 0 Å². The third-order valence-corrected chi connectivity index (χ3v) is 2.67. The van der Waals surface area contributed by atoms with E-state index < -0.39 is 12.2 Å². The fourth-order valence-electron chi connectivity index (χ4n) is 1.67. The van der Waals surface area contributed by atoms with Crippen LogP contribution in [0.2, 0.25) is 0 Å². The summed E-state index contributed by atoms with van der Waals surface area (Å²) >= 11 is 0. The molecule has 0 aliphatic heterocycles. The molecule has 0 saturated carbocycles. The summed E-state index contributed by atoms with van der Waals surface area (Å²) in [6.07, 6.45) is 1.29. The maximum atomic E-state index is 9.82. The summed E-state index contributed by atoms with van der Waals surface area (Å²) < 4.78 is 1.70. The molecule has 1 aromatic heterocycles. The van der Waals surface area contributed by atoms with E-state index in [9.17, 15) is 10.2 Å². The van der Waals surface area contributed by atoms with E-state index in [0.29, 0.717) is 5.56 Å². The topological polar surface area (TPSA) is 82.1 Å². The average Bonchev–Trinajstić information content (AvgIpc) is 2.92. The molecule has 2 atom stereocenters. The monoisotopic (exact) mass is 243 g/mol. The lowest BCUT2D eigenvalue weighted by Crippen LogP contribution is -2.17. The Balaban J connectivity index is 2.15. The normalized spacial score (nSPS) is 13.8. The second-order valence-electron chi connectivity index (χ2n) is 3.92. The SMILES string of the molecule is N#CCC(O)C(O)c1ccc(-n2cccn2)cc1. The van der Waals surface area contributed by atoms with Crippen LogP contribution in [0.4, 0.5) is 0 Å². The van der Waals surface area contributed by atoms with Crippen LogP contribution in [0.25, 0.3) is 5.69 Å². The van der Waals surface area contributed by atoms with Crippen molar-refractivity contribution in [2.75, 3.05) is 0 Å². The summed E-state index contributed by atoms with van der Waals surface area (Å²) in [5, 5.41) is 31.9. The fourth-order valence-corrected chi connectivity index (χ4v) is 1.67. The van der Waals surface area contributed by atoms with Gasteiger partial charge in [-0.25, -0.2) is 4.68 Å². The number of aliphatic hydroxyl groups excluding tert-OH is 2. The van der Waals surface area contributed by atoms with Gasteiger partial charge in [0.25, 0.3) is 0 Å². The zero-order valence-corrected chi connectivity index (χ0v) is 9.64. The van der Waals surface area contributed by atoms with Crippen molar-refractivity contribution >= 4 is 0 Å². The van der Waals surface area contributed by atoms with Crippen LogP contribution in [0.3, 0.4) is 0 Å². The van der Waals surface area contributed by atoms with E-state index in [2.05, 4.69) is 5.10 Å². The van der Waals surface area contributed by atoms with Crippen molar-refractivity contribution in [3.8, 4) is 11.8 Å². The number of nitriles is 1. The lowest BCUT2D eigenvalue weighted by molar-refractivity contribution is 0.0216. The van der Waals surface area contributed by atoms with Gasteiger partial charge < -0.3 is 10.2 Å². The van der Waals surface area contributed by atoms with Gasteiger partial charge in [-0.05, 0) is 23.8 Å². The largest absolute Gasteiger partial charge is 0.389 e. The Labute approximate surface area is 105 Å². The van der Waals surface area contributed by atoms with Crippen LogP contribution in [0, 0.1) is 11.3 Å². The van der Waals surface area contributed by atoms with Crippen LogP contribution < -0.4 is 0 Å². The predicted molar refractivity (Wildman–Crippen MR) is 64.8 cm³/mol. The van der Waals surface area contributed by atoms with Crippen molar-refractivity contribution in [1.82, 2.24) is 9.78 Å². The van der Waals surface area contributed by atoms with Crippen LogP contribution >= 0.6 is 0 Å². The second-order valence-corrected chi connectivity index (χ2v) is 3.92. The Hall–Kier alpha value is -2.16. The van der Waals surface area contributed by atoms with Crippen LogP contribution in [0.15, 0.2) is 42.7 Å². The Kier molecular flexibility index (Phi) is 3.72. The van der Waals surface area contributed by atoms with Gasteiger partial charge in [0.2, 0.25) is 0 Å². The molecule has 0 radical (unpaired) electrons. The zero-order valence-electron chi connectivity index (χ0n) is 9.64. The van der Waals surface area contributed by atoms with Gasteiger partial charge in [0, 0.05) is 12.4 Å². The van der Waals surface area contributed by atoms with Crippen LogP contribution in [0.5, 0.6) is 0 Å². The molecule has 0 amide bonds. The Morgan fingerprint density at radius 2 is 2.00 bits per heavy atom. The van der Waals surface area contributed by atoms with E-state index in [0.717, 1.165) is 5.69 Å². The number of rotatable bonds is 4. The molecular weight excluding hydrogens is 230 g/mol. The van der Waals surface area contributed by atoms with Gasteiger partial charge in [-0.2, -0.15) is 10.4 Å². The highest BCUT2D eigenvalue weighted by molar-refractivity contribution is 5.34. The quantitative estimate of drug-likeness (QED) is 0.844. The van der Waals surface area contributed by atoms with Gasteiger partial charge in [0.1, 0.15) is 6.10 Å². The number of hydrogen-bond donors (Lipinski definition) is 2. The third-order valence-electron chi connectivity index (χ3n) is 2.67. The number of hydrogen-bond acceptors (Lipinski definition) is 4. The lowest BCUT2D eigenvalue weighted by atomic mass is 10.0. The van der Waals surface area contributed by atoms with E-state index in [1.807, 2.05) is 18.3 Å². The Morgan fingerprint density at radius 1 is 1.28 bits per heavy atom. The molecule has 1 aromatic carbocycles. The maximum Gasteiger partial charge on any atom is 0.106 e. The standard InChI is InChI=1S/C13H13N3O2/c14-7-6-12(17)13(18)10-2-4-11(5-3-10)16-9-1-8-15-16/h1-5,8-9,12-13,17-18H,6H2. The van der Waals surface area contributed by atoms with Gasteiger partial charge >= 0.3 is 0 Å². The number of benzene rings is 1. The molecule has 0 spiro atoms. The minimum atomic E-state index is -1.06. The smallest absolute Gasteiger partial charge is 0.106 e. The predicted octanol–water partition coefficient (Wildman–Crippen LogP) is 1.18. The summed E-state index contributed by atoms with van der Waals surface area (Å²) in [6, 6.07) is 10.7. The van der Waals surface area contributed by atoms with Gasteiger partial charge in [-0.15, -0.1) is 0 Å². The first kappa shape index (κ1) is 12.3. The number of aromatic nitrogens is 2. The molecule has 2 N–H and O–H groups in total. The third kappa shape index (κ3) is 2.56. The molecule has 2 unspecified atom stereocenters. The summed E-state index contributed by atoms with van der Waals surface area (Å²) in [6.45, 7) is 0. The van der Waals surface area contributed by atoms with Crippen molar-refractivity contribution in [2.45, 2.75) is 18.6 Å². The van der Waals surface area contributed by atoms with Crippen molar-refractivity contribution < 1.29 is 10.2 Å². The van der Waals surface area contributed by atoms with Gasteiger partial charge in [0.05, 0.1) is 24.3 Å². The van der Waals surface area contributed by atoms with Crippen LogP contribution in [0.1, 0.15) is 18.1 Å². The number of aliphatic hydroxyl groups is 2. The first-order chi connectivity index (χ1) is 8.72. The highest BCUT2D eigenvalue weighted by atomic mass is 16.3. The van der Waals surface area contributed by atoms with Crippen LogP contribution in [-0.2, 0) is 0 Å². The molecule has 2 aromatic rings. The highest BCUT2D eigenvalue weighted by Gasteiger charge is 2.17. The molecule has 92 valence electrons. The van der Waals surface area contributed by atoms with Gasteiger partial charge in [-0.3, -0.25) is 0 Å². The van der Waals surface area contributed by atoms with Crippen molar-refractivity contribution in [3.63, 3.8) is 0 Å². The lowest BCUT2D eigenvalue weighted by Gasteiger charge is -2.15. The van der Waals surface area contributed by atoms with E-state index in [1.165, 1.54) is 0 Å². The fraction of sp³-hybridized carbons (Fsp3) is 0.231. The van der Waals surface area contributed by atoms with Gasteiger partial charge in [0.15, 0.2) is 0 Å². The molecular formula is C13H13N3O2. The molecule has 0 fully saturated rings. The molecule has 0 saturated heterocycles. The molecule has 5 heteroatoms. The Morgan fingerprint density at radius 3 is 2.56 bits per heavy atom. The zero-order chi connectivity index (χ0) is 13.0. The molecule has 5 nitrogen and oxygen atoms in total. The van der Waals surface area contributed by atoms with Gasteiger partial charge in [-0.1, -0.05) is 12.1 Å². The van der Waals surface area contributed by atoms with E-state index in [4.69, 9.17) is 5.26 Å². The second kappa shape index (κ2) is 5.45. The molecule has 1 heterocycles. The molecule has 0 bridgehead atoms. The number of nitrogens with zero attached hydrogens (tertiary/aromatic N) is 3. The maximum absolute atomic E-state index is 9.82. The molecule has 0 aliphatic carbocycles. The van der Waals surface area contributed by atoms with Crippen molar-refractivity contribution in [1.29, 1.82) is 5.26 Å². The molecule has 2 rings (SSSR count). The average molecular weight is 243 g/mol. The van der Waals surface area contributed by atoms with E-state index >= 15 is 0 Å². The minimum absolute atomic E-state index is 0.0952. The minimum Gasteiger partial charge on any atom is -0.389 e.